The SMILES string of the molecule is c1c[nH]cn1.c1ccc2c(c1)Cc1cc3c(cc1-2)Cc1ccccc1-3.c1ccc2c(c1)Cc1ccc3cc4ccccc4cc3c1-2.c1ccc2cnccc2c1.c1ccc2ncccc2c1.c1ccc2nccnc2c1.c1ccnnc1.c1cn[nH]c1.c1cnccn1.c1cncnc1.c1cocn1. The van der Waals surface area contributed by atoms with Gasteiger partial charge in [0.1, 0.15) is 12.6 Å². The minimum Gasteiger partial charge on any atom is -0.452 e. The van der Waals surface area contributed by atoms with E-state index in [0.29, 0.717) is 0 Å². The first kappa shape index (κ1) is 69.6. The highest BCUT2D eigenvalue weighted by atomic mass is 16.3. The van der Waals surface area contributed by atoms with Gasteiger partial charge in [0.05, 0.1) is 29.1 Å². The van der Waals surface area contributed by atoms with Crippen molar-refractivity contribution < 1.29 is 4.42 Å². The third-order valence-corrected chi connectivity index (χ3v) is 16.4. The van der Waals surface area contributed by atoms with E-state index in [1.807, 2.05) is 104 Å². The summed E-state index contributed by atoms with van der Waals surface area (Å²) in [5.41, 5.74) is 20.4. The maximum atomic E-state index is 4.47. The zero-order valence-electron chi connectivity index (χ0n) is 56.7. The summed E-state index contributed by atoms with van der Waals surface area (Å²) in [6.45, 7) is 0. The number of benzene rings is 10. The van der Waals surface area contributed by atoms with Crippen molar-refractivity contribution in [1.29, 1.82) is 0 Å². The zero-order chi connectivity index (χ0) is 70.7. The molecule has 0 bridgehead atoms. The number of hydrogen-bond acceptors (Lipinski definition) is 14. The Morgan fingerprint density at radius 1 is 0.288 bits per heavy atom. The number of H-pyrrole nitrogens is 2. The number of rotatable bonds is 0. The molecule has 0 fully saturated rings. The first-order valence-corrected chi connectivity index (χ1v) is 33.6. The maximum Gasteiger partial charge on any atom is 0.180 e. The van der Waals surface area contributed by atoms with E-state index >= 15 is 0 Å². The number of imidazole rings is 1. The van der Waals surface area contributed by atoms with Gasteiger partial charge >= 0.3 is 0 Å². The van der Waals surface area contributed by atoms with Crippen LogP contribution in [0.25, 0.3) is 87.6 Å². The summed E-state index contributed by atoms with van der Waals surface area (Å²) in [7, 11) is 0. The fourth-order valence-electron chi connectivity index (χ4n) is 11.7. The highest BCUT2D eigenvalue weighted by Gasteiger charge is 2.25. The molecular weight excluding hydrogens is 1280 g/mol. The van der Waals surface area contributed by atoms with E-state index in [1.54, 1.807) is 105 Å². The third-order valence-electron chi connectivity index (χ3n) is 16.4. The fraction of sp³-hybridized carbons (Fsp3) is 0.0341. The van der Waals surface area contributed by atoms with Crippen LogP contribution in [0.1, 0.15) is 33.4 Å². The number of nitrogens with one attached hydrogen (secondary N) is 2. The number of aromatic nitrogens is 15. The highest BCUT2D eigenvalue weighted by molar-refractivity contribution is 6.07. The van der Waals surface area contributed by atoms with Gasteiger partial charge in [-0.1, -0.05) is 170 Å². The van der Waals surface area contributed by atoms with Crippen LogP contribution in [0.15, 0.2) is 390 Å². The van der Waals surface area contributed by atoms with Crippen LogP contribution in [0.4, 0.5) is 0 Å². The van der Waals surface area contributed by atoms with Crippen LogP contribution in [-0.2, 0) is 19.3 Å². The average molecular weight is 1350 g/mol. The predicted octanol–water partition coefficient (Wildman–Crippen LogP) is 19.4. The molecule has 0 saturated heterocycles. The van der Waals surface area contributed by atoms with Crippen molar-refractivity contribution in [2.45, 2.75) is 19.3 Å². The van der Waals surface area contributed by atoms with Gasteiger partial charge in [-0.05, 0) is 197 Å². The minimum atomic E-state index is 0.949. The van der Waals surface area contributed by atoms with Gasteiger partial charge in [0.2, 0.25) is 0 Å². The fourth-order valence-corrected chi connectivity index (χ4v) is 11.7. The van der Waals surface area contributed by atoms with Gasteiger partial charge in [-0.2, -0.15) is 15.3 Å². The van der Waals surface area contributed by atoms with E-state index in [2.05, 4.69) is 237 Å². The second kappa shape index (κ2) is 38.2. The molecule has 0 atom stereocenters. The van der Waals surface area contributed by atoms with E-state index in [9.17, 15) is 0 Å². The van der Waals surface area contributed by atoms with E-state index in [1.165, 1.54) is 123 Å². The molecule has 19 aromatic rings. The normalized spacial score (nSPS) is 10.6. The smallest absolute Gasteiger partial charge is 0.180 e. The molecular formula is C88H71N15O. The van der Waals surface area contributed by atoms with E-state index in [4.69, 9.17) is 0 Å². The molecule has 104 heavy (non-hydrogen) atoms. The molecule has 10 aromatic carbocycles. The monoisotopic (exact) mass is 1350 g/mol. The first-order valence-electron chi connectivity index (χ1n) is 33.6. The van der Waals surface area contributed by atoms with Crippen molar-refractivity contribution in [3.63, 3.8) is 0 Å². The van der Waals surface area contributed by atoms with Crippen LogP contribution in [0.5, 0.6) is 0 Å². The first-order chi connectivity index (χ1) is 51.7. The standard InChI is InChI=1S/C21H14.C20H14.2C9H7N.C8H6N2.3C4H4N2.2C3H4N2.C3H3NO/c1-2-6-15-13-20-17(11-14(15)5-1)9-10-18-12-16-7-3-4-8-19(16)21(18)20;1-3-7-17-13(5-1)9-15-11-20-16(12-19(15)17)10-14-6-2-4-8-18(14)20;1-2-6-9-8(4-1)5-3-7-10-9;1-2-4-9-7-10-6-5-8(9)3-1;1-2-4-8-7(3-1)9-5-6-10-8;1-2-6-4-3-5-1;1-2-5-4-6-3-1;1-2-4-6-5-3-1;1-2-5-3-4-1;1-2-4-5-3-1;1-2-5-3-4-1/h1-11,13H,12H2;1-8,11-12H,9-10H2;2*1-7H;1-6H;3*1-4H;2*1-3H,(H,4,5);1-3H. The summed E-state index contributed by atoms with van der Waals surface area (Å²) >= 11 is 0. The topological polar surface area (TPSA) is 212 Å². The van der Waals surface area contributed by atoms with E-state index in [0.717, 1.165) is 35.8 Å². The molecule has 3 aliphatic rings. The van der Waals surface area contributed by atoms with Crippen molar-refractivity contribution in [3.05, 3.63) is 419 Å². The molecule has 0 aliphatic heterocycles. The van der Waals surface area contributed by atoms with E-state index < -0.39 is 0 Å². The Labute approximate surface area is 602 Å². The van der Waals surface area contributed by atoms with Crippen molar-refractivity contribution in [3.8, 4) is 33.4 Å². The molecule has 9 heterocycles. The Balaban J connectivity index is 0.000000113. The van der Waals surface area contributed by atoms with Gasteiger partial charge < -0.3 is 9.40 Å². The number of oxazole rings is 1. The molecule has 16 heteroatoms. The second-order valence-corrected chi connectivity index (χ2v) is 23.1. The third kappa shape index (κ3) is 20.0. The van der Waals surface area contributed by atoms with Gasteiger partial charge in [0, 0.05) is 111 Å². The number of para-hydroxylation sites is 3. The van der Waals surface area contributed by atoms with Gasteiger partial charge in [-0.15, -0.1) is 0 Å². The molecule has 504 valence electrons. The molecule has 9 aromatic heterocycles. The molecule has 22 rings (SSSR count). The number of nitrogens with zero attached hydrogens (tertiary/aromatic N) is 13. The minimum absolute atomic E-state index is 0.949. The van der Waals surface area contributed by atoms with E-state index in [-0.39, 0.29) is 0 Å². The van der Waals surface area contributed by atoms with Gasteiger partial charge in [-0.25, -0.2) is 19.9 Å². The lowest BCUT2D eigenvalue weighted by Gasteiger charge is -2.09. The van der Waals surface area contributed by atoms with Gasteiger partial charge in [0.25, 0.3) is 0 Å². The molecule has 16 nitrogen and oxygen atoms in total. The molecule has 0 spiro atoms. The summed E-state index contributed by atoms with van der Waals surface area (Å²) in [4.78, 5) is 41.2. The van der Waals surface area contributed by atoms with Gasteiger partial charge in [0.15, 0.2) is 6.39 Å². The number of pyridine rings is 2. The van der Waals surface area contributed by atoms with Crippen molar-refractivity contribution in [2.24, 2.45) is 0 Å². The summed E-state index contributed by atoms with van der Waals surface area (Å²) in [5.74, 6) is 0. The zero-order valence-corrected chi connectivity index (χ0v) is 56.7. The number of hydrogen-bond donors (Lipinski definition) is 2. The van der Waals surface area contributed by atoms with Crippen molar-refractivity contribution >= 4 is 54.3 Å². The van der Waals surface area contributed by atoms with Crippen LogP contribution < -0.4 is 0 Å². The quantitative estimate of drug-likeness (QED) is 0.135. The molecule has 0 unspecified atom stereocenters. The van der Waals surface area contributed by atoms with Crippen LogP contribution in [-0.4, -0.2) is 75.2 Å². The van der Waals surface area contributed by atoms with Crippen LogP contribution in [0, 0.1) is 0 Å². The number of aromatic amines is 2. The van der Waals surface area contributed by atoms with Crippen LogP contribution in [0.3, 0.4) is 0 Å². The Kier molecular flexibility index (Phi) is 25.6. The molecule has 3 aliphatic carbocycles. The van der Waals surface area contributed by atoms with Crippen LogP contribution in [0.2, 0.25) is 0 Å². The molecule has 0 radical (unpaired) electrons. The lowest BCUT2D eigenvalue weighted by Crippen LogP contribution is -1.85. The lowest BCUT2D eigenvalue weighted by molar-refractivity contribution is 0.558. The largest absolute Gasteiger partial charge is 0.452 e. The van der Waals surface area contributed by atoms with Crippen LogP contribution >= 0.6 is 0 Å². The Bertz CT molecular complexity index is 4930. The van der Waals surface area contributed by atoms with Crippen molar-refractivity contribution in [2.75, 3.05) is 0 Å². The van der Waals surface area contributed by atoms with Gasteiger partial charge in [-0.3, -0.25) is 35.0 Å². The molecule has 2 N–H and O–H groups in total. The summed E-state index contributed by atoms with van der Waals surface area (Å²) in [5, 5.41) is 22.3. The summed E-state index contributed by atoms with van der Waals surface area (Å²) in [6.07, 6.45) is 39.8. The Morgan fingerprint density at radius 3 is 1.34 bits per heavy atom. The molecule has 0 saturated carbocycles. The molecule has 0 amide bonds. The average Bonchev–Trinajstić information content (AvgIpc) is 1.58. The summed E-state index contributed by atoms with van der Waals surface area (Å²) in [6, 6.07) is 86.5. The van der Waals surface area contributed by atoms with Crippen molar-refractivity contribution in [1.82, 2.24) is 75.2 Å². The Hall–Kier alpha value is -14.3. The predicted molar refractivity (Wildman–Crippen MR) is 415 cm³/mol. The summed E-state index contributed by atoms with van der Waals surface area (Å²) < 4.78 is 4.47. The lowest BCUT2D eigenvalue weighted by atomic mass is 9.95. The second-order valence-electron chi connectivity index (χ2n) is 23.1. The Morgan fingerprint density at radius 2 is 0.846 bits per heavy atom. The maximum absolute atomic E-state index is 4.47. The highest BCUT2D eigenvalue weighted by Crippen LogP contribution is 2.45. The number of fused-ring (bicyclic) bond motifs is 15.